The molecular weight excluding hydrogens is 348 g/mol. The Labute approximate surface area is 155 Å². The predicted molar refractivity (Wildman–Crippen MR) is 97.4 cm³/mol. The van der Waals surface area contributed by atoms with E-state index in [4.69, 9.17) is 14.7 Å². The van der Waals surface area contributed by atoms with Gasteiger partial charge in [-0.2, -0.15) is 10.4 Å². The first-order valence-electron chi connectivity index (χ1n) is 8.32. The maximum Gasteiger partial charge on any atom is 0.336 e. The molecule has 0 saturated carbocycles. The van der Waals surface area contributed by atoms with Crippen molar-refractivity contribution in [2.24, 2.45) is 0 Å². The average molecular weight is 366 g/mol. The number of allylic oxidation sites excluding steroid dienone is 1. The Morgan fingerprint density at radius 1 is 1.41 bits per heavy atom. The monoisotopic (exact) mass is 366 g/mol. The minimum Gasteiger partial charge on any atom is -0.496 e. The molecule has 1 atom stereocenters. The molecule has 0 spiro atoms. The van der Waals surface area contributed by atoms with Crippen LogP contribution in [0.15, 0.2) is 40.5 Å². The second-order valence-electron chi connectivity index (χ2n) is 5.91. The highest BCUT2D eigenvalue weighted by Gasteiger charge is 2.37. The van der Waals surface area contributed by atoms with Crippen LogP contribution in [0.4, 0.5) is 5.69 Å². The molecule has 0 radical (unpaired) electrons. The molecule has 2 N–H and O–H groups in total. The number of H-pyrrole nitrogens is 1. The fraction of sp³-hybridized carbons (Fsp3) is 0.263. The Hall–Kier alpha value is -3.60. The van der Waals surface area contributed by atoms with Crippen molar-refractivity contribution in [2.75, 3.05) is 19.0 Å². The number of nitriles is 1. The Kier molecular flexibility index (Phi) is 4.94. The summed E-state index contributed by atoms with van der Waals surface area (Å²) < 4.78 is 10.7. The number of nitrogens with one attached hydrogen (secondary N) is 2. The third-order valence-corrected chi connectivity index (χ3v) is 4.37. The molecule has 0 aliphatic carbocycles. The number of aromatic amines is 1. The van der Waals surface area contributed by atoms with E-state index in [1.54, 1.807) is 32.0 Å². The van der Waals surface area contributed by atoms with Crippen molar-refractivity contribution in [1.29, 1.82) is 5.26 Å². The number of hydrogen-bond donors (Lipinski definition) is 2. The van der Waals surface area contributed by atoms with Crippen LogP contribution in [0.5, 0.6) is 5.75 Å². The number of hydrogen-bond acceptors (Lipinski definition) is 7. The largest absolute Gasteiger partial charge is 0.496 e. The maximum absolute atomic E-state index is 12.7. The van der Waals surface area contributed by atoms with Gasteiger partial charge in [0.05, 0.1) is 54.3 Å². The number of nitrogens with zero attached hydrogens (tertiary/aromatic N) is 2. The number of rotatable bonds is 4. The zero-order valence-electron chi connectivity index (χ0n) is 15.1. The molecule has 1 aliphatic heterocycles. The molecule has 1 aliphatic rings. The van der Waals surface area contributed by atoms with E-state index < -0.39 is 17.4 Å². The van der Waals surface area contributed by atoms with Gasteiger partial charge in [-0.15, -0.1) is 0 Å². The highest BCUT2D eigenvalue weighted by atomic mass is 16.5. The molecular formula is C19H18N4O4. The van der Waals surface area contributed by atoms with Crippen LogP contribution >= 0.6 is 0 Å². The van der Waals surface area contributed by atoms with Gasteiger partial charge in [0, 0.05) is 11.3 Å². The van der Waals surface area contributed by atoms with Gasteiger partial charge in [0.25, 0.3) is 5.56 Å². The lowest BCUT2D eigenvalue weighted by molar-refractivity contribution is -0.138. The predicted octanol–water partition coefficient (Wildman–Crippen LogP) is 2.04. The summed E-state index contributed by atoms with van der Waals surface area (Å²) in [5.74, 6) is -0.853. The number of benzene rings is 1. The number of methoxy groups -OCH3 is 1. The zero-order valence-corrected chi connectivity index (χ0v) is 15.1. The standard InChI is InChI=1S/C19H18N4O4/c1-4-27-19(25)15-10(2)22-13-9-21-23-18(24)17(13)16(15)12-6-5-11(8-20)7-14(12)26-3/h5-7,9,16,22H,4H2,1-3H3,(H,23,24). The molecule has 0 bridgehead atoms. The number of ether oxygens (including phenoxy) is 2. The van der Waals surface area contributed by atoms with E-state index in [1.807, 2.05) is 0 Å². The molecule has 27 heavy (non-hydrogen) atoms. The molecule has 3 rings (SSSR count). The van der Waals surface area contributed by atoms with Crippen molar-refractivity contribution in [3.05, 3.63) is 62.7 Å². The van der Waals surface area contributed by atoms with Crippen LogP contribution in [0.3, 0.4) is 0 Å². The Balaban J connectivity index is 2.31. The number of carbonyl (C=O) groups excluding carboxylic acids is 1. The second kappa shape index (κ2) is 7.33. The summed E-state index contributed by atoms with van der Waals surface area (Å²) in [7, 11) is 1.47. The summed E-state index contributed by atoms with van der Waals surface area (Å²) in [5.41, 5.74) is 2.27. The van der Waals surface area contributed by atoms with Crippen molar-refractivity contribution >= 4 is 11.7 Å². The molecule has 8 heteroatoms. The van der Waals surface area contributed by atoms with Gasteiger partial charge >= 0.3 is 5.97 Å². The number of aromatic nitrogens is 2. The maximum atomic E-state index is 12.7. The van der Waals surface area contributed by atoms with Gasteiger partial charge in [-0.1, -0.05) is 6.07 Å². The lowest BCUT2D eigenvalue weighted by Crippen LogP contribution is -2.30. The Morgan fingerprint density at radius 2 is 2.19 bits per heavy atom. The molecule has 2 heterocycles. The van der Waals surface area contributed by atoms with Gasteiger partial charge in [-0.05, 0) is 26.0 Å². The summed E-state index contributed by atoms with van der Waals surface area (Å²) in [6.07, 6.45) is 1.49. The van der Waals surface area contributed by atoms with E-state index in [2.05, 4.69) is 21.6 Å². The van der Waals surface area contributed by atoms with Crippen molar-refractivity contribution in [1.82, 2.24) is 10.2 Å². The Bertz CT molecular complexity index is 1030. The number of anilines is 1. The van der Waals surface area contributed by atoms with Crippen LogP contribution in [0.2, 0.25) is 0 Å². The van der Waals surface area contributed by atoms with Crippen molar-refractivity contribution in [2.45, 2.75) is 19.8 Å². The van der Waals surface area contributed by atoms with Gasteiger partial charge in [0.2, 0.25) is 0 Å². The summed E-state index contributed by atoms with van der Waals surface area (Å²) >= 11 is 0. The summed E-state index contributed by atoms with van der Waals surface area (Å²) in [4.78, 5) is 25.3. The fourth-order valence-electron chi connectivity index (χ4n) is 3.23. The van der Waals surface area contributed by atoms with E-state index in [-0.39, 0.29) is 6.61 Å². The highest BCUT2D eigenvalue weighted by molar-refractivity contribution is 5.94. The van der Waals surface area contributed by atoms with Crippen molar-refractivity contribution < 1.29 is 14.3 Å². The van der Waals surface area contributed by atoms with Crippen LogP contribution in [-0.2, 0) is 9.53 Å². The van der Waals surface area contributed by atoms with Gasteiger partial charge in [0.15, 0.2) is 0 Å². The molecule has 1 unspecified atom stereocenters. The Morgan fingerprint density at radius 3 is 2.85 bits per heavy atom. The van der Waals surface area contributed by atoms with Crippen molar-refractivity contribution in [3.8, 4) is 11.8 Å². The van der Waals surface area contributed by atoms with Crippen LogP contribution in [-0.4, -0.2) is 29.9 Å². The van der Waals surface area contributed by atoms with Crippen LogP contribution < -0.4 is 15.6 Å². The minimum atomic E-state index is -0.727. The summed E-state index contributed by atoms with van der Waals surface area (Å²) in [6, 6.07) is 6.93. The van der Waals surface area contributed by atoms with E-state index in [9.17, 15) is 9.59 Å². The van der Waals surface area contributed by atoms with Crippen molar-refractivity contribution in [3.63, 3.8) is 0 Å². The van der Waals surface area contributed by atoms with E-state index in [1.165, 1.54) is 13.3 Å². The molecule has 1 aromatic carbocycles. The number of carbonyl (C=O) groups is 1. The third kappa shape index (κ3) is 3.15. The molecule has 138 valence electrons. The first-order valence-corrected chi connectivity index (χ1v) is 8.32. The van der Waals surface area contributed by atoms with Crippen LogP contribution in [0.1, 0.15) is 36.5 Å². The summed E-state index contributed by atoms with van der Waals surface area (Å²) in [5, 5.41) is 18.4. The first-order chi connectivity index (χ1) is 13.0. The lowest BCUT2D eigenvalue weighted by Gasteiger charge is -2.29. The quantitative estimate of drug-likeness (QED) is 0.795. The fourth-order valence-corrected chi connectivity index (χ4v) is 3.23. The smallest absolute Gasteiger partial charge is 0.336 e. The topological polar surface area (TPSA) is 117 Å². The lowest BCUT2D eigenvalue weighted by atomic mass is 9.81. The molecule has 8 nitrogen and oxygen atoms in total. The third-order valence-electron chi connectivity index (χ3n) is 4.37. The second-order valence-corrected chi connectivity index (χ2v) is 5.91. The zero-order chi connectivity index (χ0) is 19.6. The van der Waals surface area contributed by atoms with Gasteiger partial charge in [-0.3, -0.25) is 4.79 Å². The SMILES string of the molecule is CCOC(=O)C1=C(C)Nc2cn[nH]c(=O)c2C1c1ccc(C#N)cc1OC. The van der Waals surface area contributed by atoms with Gasteiger partial charge < -0.3 is 14.8 Å². The summed E-state index contributed by atoms with van der Waals surface area (Å²) in [6.45, 7) is 3.65. The van der Waals surface area contributed by atoms with Crippen LogP contribution in [0.25, 0.3) is 0 Å². The van der Waals surface area contributed by atoms with Crippen LogP contribution in [0, 0.1) is 11.3 Å². The molecule has 2 aromatic rings. The molecule has 1 aromatic heterocycles. The average Bonchev–Trinajstić information content (AvgIpc) is 2.66. The van der Waals surface area contributed by atoms with Gasteiger partial charge in [-0.25, -0.2) is 9.89 Å². The minimum absolute atomic E-state index is 0.201. The molecule has 0 fully saturated rings. The molecule has 0 saturated heterocycles. The van der Waals surface area contributed by atoms with E-state index in [0.29, 0.717) is 39.4 Å². The van der Waals surface area contributed by atoms with E-state index >= 15 is 0 Å². The van der Waals surface area contributed by atoms with Gasteiger partial charge in [0.1, 0.15) is 5.75 Å². The highest BCUT2D eigenvalue weighted by Crippen LogP contribution is 2.43. The normalized spacial score (nSPS) is 15.4. The first kappa shape index (κ1) is 18.2. The number of esters is 1. The van der Waals surface area contributed by atoms with E-state index in [0.717, 1.165) is 0 Å². The molecule has 0 amide bonds. The number of fused-ring (bicyclic) bond motifs is 1.